The Labute approximate surface area is 108 Å². The fourth-order valence-corrected chi connectivity index (χ4v) is 2.35. The minimum Gasteiger partial charge on any atom is -0.339 e. The SMILES string of the molecule is Cc1cc(C(=O)N2CCC(C)CC2)ccc1NN. The van der Waals surface area contributed by atoms with Gasteiger partial charge in [-0.3, -0.25) is 10.6 Å². The lowest BCUT2D eigenvalue weighted by Crippen LogP contribution is -2.37. The molecule has 1 heterocycles. The topological polar surface area (TPSA) is 58.4 Å². The first-order valence-electron chi connectivity index (χ1n) is 6.48. The van der Waals surface area contributed by atoms with Crippen molar-refractivity contribution in [3.8, 4) is 0 Å². The van der Waals surface area contributed by atoms with Gasteiger partial charge in [-0.15, -0.1) is 0 Å². The van der Waals surface area contributed by atoms with Crippen LogP contribution in [-0.2, 0) is 0 Å². The van der Waals surface area contributed by atoms with Crippen LogP contribution in [0.1, 0.15) is 35.7 Å². The molecule has 4 heteroatoms. The fourth-order valence-electron chi connectivity index (χ4n) is 2.35. The zero-order valence-corrected chi connectivity index (χ0v) is 11.1. The van der Waals surface area contributed by atoms with E-state index < -0.39 is 0 Å². The van der Waals surface area contributed by atoms with Crippen LogP contribution in [0.5, 0.6) is 0 Å². The predicted molar refractivity (Wildman–Crippen MR) is 73.3 cm³/mol. The molecule has 0 saturated carbocycles. The maximum atomic E-state index is 12.3. The summed E-state index contributed by atoms with van der Waals surface area (Å²) in [4.78, 5) is 14.3. The van der Waals surface area contributed by atoms with Gasteiger partial charge in [-0.2, -0.15) is 0 Å². The predicted octanol–water partition coefficient (Wildman–Crippen LogP) is 2.15. The molecular weight excluding hydrogens is 226 g/mol. The number of nitrogens with one attached hydrogen (secondary N) is 1. The number of aryl methyl sites for hydroxylation is 1. The zero-order valence-electron chi connectivity index (χ0n) is 11.1. The lowest BCUT2D eigenvalue weighted by molar-refractivity contribution is 0.0697. The fraction of sp³-hybridized carbons (Fsp3) is 0.500. The number of likely N-dealkylation sites (tertiary alicyclic amines) is 1. The van der Waals surface area contributed by atoms with Crippen LogP contribution in [0.25, 0.3) is 0 Å². The number of rotatable bonds is 2. The Bertz CT molecular complexity index is 437. The second kappa shape index (κ2) is 5.40. The van der Waals surface area contributed by atoms with Crippen molar-refractivity contribution in [1.82, 2.24) is 4.90 Å². The molecule has 3 N–H and O–H groups in total. The molecule has 1 aromatic rings. The molecule has 0 unspecified atom stereocenters. The van der Waals surface area contributed by atoms with Gasteiger partial charge in [0, 0.05) is 18.7 Å². The van der Waals surface area contributed by atoms with Crippen LogP contribution >= 0.6 is 0 Å². The van der Waals surface area contributed by atoms with Gasteiger partial charge in [-0.05, 0) is 49.4 Å². The molecule has 0 aromatic heterocycles. The Kier molecular flexibility index (Phi) is 3.87. The first kappa shape index (κ1) is 12.9. The quantitative estimate of drug-likeness (QED) is 0.622. The van der Waals surface area contributed by atoms with E-state index in [9.17, 15) is 4.79 Å². The summed E-state index contributed by atoms with van der Waals surface area (Å²) >= 11 is 0. The second-order valence-electron chi connectivity index (χ2n) is 5.15. The Balaban J connectivity index is 2.11. The lowest BCUT2D eigenvalue weighted by Gasteiger charge is -2.30. The zero-order chi connectivity index (χ0) is 13.1. The number of hydrogen-bond donors (Lipinski definition) is 2. The molecule has 0 atom stereocenters. The van der Waals surface area contributed by atoms with Gasteiger partial charge in [0.25, 0.3) is 5.91 Å². The molecular formula is C14H21N3O. The minimum atomic E-state index is 0.133. The molecule has 0 bridgehead atoms. The molecule has 1 saturated heterocycles. The third kappa shape index (κ3) is 2.64. The number of nitrogens with zero attached hydrogens (tertiary/aromatic N) is 1. The van der Waals surface area contributed by atoms with Crippen LogP contribution in [0, 0.1) is 12.8 Å². The van der Waals surface area contributed by atoms with Crippen molar-refractivity contribution in [2.24, 2.45) is 11.8 Å². The van der Waals surface area contributed by atoms with Crippen molar-refractivity contribution in [2.75, 3.05) is 18.5 Å². The highest BCUT2D eigenvalue weighted by Gasteiger charge is 2.21. The second-order valence-corrected chi connectivity index (χ2v) is 5.15. The molecule has 1 aliphatic rings. The van der Waals surface area contributed by atoms with Crippen LogP contribution in [0.2, 0.25) is 0 Å². The number of carbonyl (C=O) groups is 1. The van der Waals surface area contributed by atoms with Crippen LogP contribution in [0.3, 0.4) is 0 Å². The van der Waals surface area contributed by atoms with Crippen molar-refractivity contribution < 1.29 is 4.79 Å². The summed E-state index contributed by atoms with van der Waals surface area (Å²) in [5.74, 6) is 6.26. The number of carbonyl (C=O) groups excluding carboxylic acids is 1. The van der Waals surface area contributed by atoms with E-state index >= 15 is 0 Å². The average molecular weight is 247 g/mol. The molecule has 4 nitrogen and oxygen atoms in total. The molecule has 1 amide bonds. The van der Waals surface area contributed by atoms with E-state index in [4.69, 9.17) is 5.84 Å². The number of amides is 1. The van der Waals surface area contributed by atoms with Gasteiger partial charge in [0.2, 0.25) is 0 Å². The van der Waals surface area contributed by atoms with Gasteiger partial charge in [0.05, 0.1) is 5.69 Å². The third-order valence-corrected chi connectivity index (χ3v) is 3.70. The maximum absolute atomic E-state index is 12.3. The molecule has 1 aliphatic heterocycles. The van der Waals surface area contributed by atoms with Gasteiger partial charge >= 0.3 is 0 Å². The Morgan fingerprint density at radius 2 is 2.06 bits per heavy atom. The maximum Gasteiger partial charge on any atom is 0.253 e. The summed E-state index contributed by atoms with van der Waals surface area (Å²) < 4.78 is 0. The van der Waals surface area contributed by atoms with Gasteiger partial charge in [-0.25, -0.2) is 0 Å². The Morgan fingerprint density at radius 3 is 2.61 bits per heavy atom. The van der Waals surface area contributed by atoms with Crippen LogP contribution < -0.4 is 11.3 Å². The smallest absolute Gasteiger partial charge is 0.253 e. The van der Waals surface area contributed by atoms with Crippen molar-refractivity contribution >= 4 is 11.6 Å². The summed E-state index contributed by atoms with van der Waals surface area (Å²) in [5.41, 5.74) is 5.23. The van der Waals surface area contributed by atoms with Crippen LogP contribution in [0.15, 0.2) is 18.2 Å². The van der Waals surface area contributed by atoms with E-state index in [1.165, 1.54) is 0 Å². The number of hydrogen-bond acceptors (Lipinski definition) is 3. The first-order chi connectivity index (χ1) is 8.61. The van der Waals surface area contributed by atoms with Crippen LogP contribution in [0.4, 0.5) is 5.69 Å². The van der Waals surface area contributed by atoms with Gasteiger partial charge in [0.1, 0.15) is 0 Å². The summed E-state index contributed by atoms with van der Waals surface area (Å²) in [6.07, 6.45) is 2.21. The number of benzene rings is 1. The highest BCUT2D eigenvalue weighted by Crippen LogP contribution is 2.20. The summed E-state index contributed by atoms with van der Waals surface area (Å²) in [6.45, 7) is 5.93. The van der Waals surface area contributed by atoms with Crippen molar-refractivity contribution in [3.63, 3.8) is 0 Å². The molecule has 0 spiro atoms. The molecule has 18 heavy (non-hydrogen) atoms. The molecule has 98 valence electrons. The standard InChI is InChI=1S/C14H21N3O/c1-10-5-7-17(8-6-10)14(18)12-3-4-13(16-15)11(2)9-12/h3-4,9-10,16H,5-8,15H2,1-2H3. The number of nitrogen functional groups attached to an aromatic ring is 1. The normalized spacial score (nSPS) is 16.7. The van der Waals surface area contributed by atoms with Crippen molar-refractivity contribution in [1.29, 1.82) is 0 Å². The highest BCUT2D eigenvalue weighted by atomic mass is 16.2. The molecule has 0 radical (unpaired) electrons. The number of nitrogens with two attached hydrogens (primary N) is 1. The Morgan fingerprint density at radius 1 is 1.39 bits per heavy atom. The summed E-state index contributed by atoms with van der Waals surface area (Å²) in [6, 6.07) is 5.59. The highest BCUT2D eigenvalue weighted by molar-refractivity contribution is 5.95. The van der Waals surface area contributed by atoms with E-state index in [1.54, 1.807) is 0 Å². The molecule has 0 aliphatic carbocycles. The Hall–Kier alpha value is -1.55. The average Bonchev–Trinajstić information content (AvgIpc) is 2.38. The first-order valence-corrected chi connectivity index (χ1v) is 6.48. The van der Waals surface area contributed by atoms with Crippen LogP contribution in [-0.4, -0.2) is 23.9 Å². The van der Waals surface area contributed by atoms with Gasteiger partial charge < -0.3 is 10.3 Å². The lowest BCUT2D eigenvalue weighted by atomic mass is 9.98. The van der Waals surface area contributed by atoms with E-state index in [0.717, 1.165) is 48.7 Å². The molecule has 1 fully saturated rings. The third-order valence-electron chi connectivity index (χ3n) is 3.70. The molecule has 2 rings (SSSR count). The van der Waals surface area contributed by atoms with E-state index in [0.29, 0.717) is 0 Å². The monoisotopic (exact) mass is 247 g/mol. The largest absolute Gasteiger partial charge is 0.339 e. The molecule has 1 aromatic carbocycles. The minimum absolute atomic E-state index is 0.133. The van der Waals surface area contributed by atoms with E-state index in [2.05, 4.69) is 12.3 Å². The van der Waals surface area contributed by atoms with E-state index in [-0.39, 0.29) is 5.91 Å². The van der Waals surface area contributed by atoms with Crippen molar-refractivity contribution in [3.05, 3.63) is 29.3 Å². The van der Waals surface area contributed by atoms with Crippen molar-refractivity contribution in [2.45, 2.75) is 26.7 Å². The number of anilines is 1. The van der Waals surface area contributed by atoms with Gasteiger partial charge in [-0.1, -0.05) is 6.92 Å². The summed E-state index contributed by atoms with van der Waals surface area (Å²) in [7, 11) is 0. The number of hydrazine groups is 1. The van der Waals surface area contributed by atoms with Gasteiger partial charge in [0.15, 0.2) is 0 Å². The van der Waals surface area contributed by atoms with E-state index in [1.807, 2.05) is 30.0 Å². The summed E-state index contributed by atoms with van der Waals surface area (Å²) in [5, 5.41) is 0. The number of piperidine rings is 1.